The number of rotatable bonds is 8. The average molecular weight is 281 g/mol. The largest absolute Gasteiger partial charge is 0.491 e. The van der Waals surface area contributed by atoms with E-state index in [9.17, 15) is 0 Å². The molecule has 108 valence electrons. The normalized spacial score (nSPS) is 10.0. The average Bonchev–Trinajstić information content (AvgIpc) is 2.55. The van der Waals surface area contributed by atoms with E-state index < -0.39 is 0 Å². The topological polar surface area (TPSA) is 42.2 Å². The summed E-state index contributed by atoms with van der Waals surface area (Å²) in [5, 5.41) is 8.79. The van der Waals surface area contributed by atoms with Crippen LogP contribution in [-0.4, -0.2) is 19.8 Å². The van der Waals surface area contributed by atoms with Crippen LogP contribution in [0.15, 0.2) is 54.6 Å². The molecule has 2 aromatic rings. The summed E-state index contributed by atoms with van der Waals surface area (Å²) in [6.07, 6.45) is 2.04. The molecule has 0 atom stereocenters. The zero-order chi connectivity index (χ0) is 14.8. The van der Waals surface area contributed by atoms with Gasteiger partial charge in [0.1, 0.15) is 12.4 Å². The molecule has 2 rings (SSSR count). The van der Waals surface area contributed by atoms with Crippen molar-refractivity contribution in [2.45, 2.75) is 12.8 Å². The first-order valence-corrected chi connectivity index (χ1v) is 7.13. The highest BCUT2D eigenvalue weighted by molar-refractivity contribution is 5.36. The number of benzene rings is 2. The van der Waals surface area contributed by atoms with E-state index in [1.54, 1.807) is 12.1 Å². The van der Waals surface area contributed by atoms with Crippen LogP contribution in [0.4, 0.5) is 0 Å². The number of nitriles is 1. The fourth-order valence-corrected chi connectivity index (χ4v) is 2.00. The molecule has 3 heteroatoms. The number of hydrogen-bond donors (Lipinski definition) is 0. The minimum Gasteiger partial charge on any atom is -0.491 e. The van der Waals surface area contributed by atoms with Gasteiger partial charge in [-0.05, 0) is 36.6 Å². The fourth-order valence-electron chi connectivity index (χ4n) is 2.00. The van der Waals surface area contributed by atoms with Crippen molar-refractivity contribution in [1.29, 1.82) is 5.26 Å². The summed E-state index contributed by atoms with van der Waals surface area (Å²) in [6.45, 7) is 1.79. The summed E-state index contributed by atoms with van der Waals surface area (Å²) in [4.78, 5) is 0. The second-order valence-electron chi connectivity index (χ2n) is 4.69. The van der Waals surface area contributed by atoms with E-state index >= 15 is 0 Å². The number of ether oxygens (including phenoxy) is 2. The Morgan fingerprint density at radius 1 is 0.905 bits per heavy atom. The molecular formula is C18H19NO2. The van der Waals surface area contributed by atoms with Crippen LogP contribution >= 0.6 is 0 Å². The van der Waals surface area contributed by atoms with Crippen molar-refractivity contribution in [3.05, 3.63) is 65.7 Å². The Morgan fingerprint density at radius 3 is 2.57 bits per heavy atom. The maximum Gasteiger partial charge on any atom is 0.120 e. The highest BCUT2D eigenvalue weighted by Crippen LogP contribution is 2.12. The van der Waals surface area contributed by atoms with Gasteiger partial charge < -0.3 is 9.47 Å². The zero-order valence-corrected chi connectivity index (χ0v) is 12.0. The smallest absolute Gasteiger partial charge is 0.120 e. The second kappa shape index (κ2) is 8.78. The van der Waals surface area contributed by atoms with Crippen molar-refractivity contribution in [2.75, 3.05) is 19.8 Å². The van der Waals surface area contributed by atoms with Gasteiger partial charge in [-0.2, -0.15) is 5.26 Å². The van der Waals surface area contributed by atoms with Gasteiger partial charge in [-0.25, -0.2) is 0 Å². The minimum absolute atomic E-state index is 0.500. The predicted molar refractivity (Wildman–Crippen MR) is 82.2 cm³/mol. The first-order valence-electron chi connectivity index (χ1n) is 7.13. The number of nitrogens with zero attached hydrogens (tertiary/aromatic N) is 1. The molecule has 0 fully saturated rings. The van der Waals surface area contributed by atoms with Crippen molar-refractivity contribution in [3.8, 4) is 11.8 Å². The molecule has 0 unspecified atom stereocenters. The van der Waals surface area contributed by atoms with E-state index in [0.717, 1.165) is 19.4 Å². The molecule has 21 heavy (non-hydrogen) atoms. The van der Waals surface area contributed by atoms with Crippen LogP contribution in [0.2, 0.25) is 0 Å². The Labute approximate surface area is 125 Å². The van der Waals surface area contributed by atoms with Crippen LogP contribution in [-0.2, 0) is 11.2 Å². The van der Waals surface area contributed by atoms with Crippen molar-refractivity contribution in [1.82, 2.24) is 0 Å². The lowest BCUT2D eigenvalue weighted by Gasteiger charge is -2.07. The van der Waals surface area contributed by atoms with Gasteiger partial charge >= 0.3 is 0 Å². The Morgan fingerprint density at radius 2 is 1.76 bits per heavy atom. The zero-order valence-electron chi connectivity index (χ0n) is 12.0. The molecule has 0 saturated carbocycles. The second-order valence-corrected chi connectivity index (χ2v) is 4.69. The maximum atomic E-state index is 8.79. The fraction of sp³-hybridized carbons (Fsp3) is 0.278. The van der Waals surface area contributed by atoms with Gasteiger partial charge in [-0.3, -0.25) is 0 Å². The van der Waals surface area contributed by atoms with Gasteiger partial charge in [0, 0.05) is 6.61 Å². The van der Waals surface area contributed by atoms with E-state index in [1.807, 2.05) is 18.2 Å². The van der Waals surface area contributed by atoms with Crippen LogP contribution in [0.5, 0.6) is 5.75 Å². The number of hydrogen-bond acceptors (Lipinski definition) is 3. The summed E-state index contributed by atoms with van der Waals surface area (Å²) in [5.41, 5.74) is 1.95. The third-order valence-corrected chi connectivity index (χ3v) is 3.06. The van der Waals surface area contributed by atoms with Gasteiger partial charge in [-0.1, -0.05) is 36.4 Å². The van der Waals surface area contributed by atoms with Gasteiger partial charge in [0.2, 0.25) is 0 Å². The Bertz CT molecular complexity index is 575. The van der Waals surface area contributed by atoms with Crippen molar-refractivity contribution < 1.29 is 9.47 Å². The van der Waals surface area contributed by atoms with Gasteiger partial charge in [0.05, 0.1) is 18.2 Å². The molecule has 0 aliphatic rings. The van der Waals surface area contributed by atoms with Crippen LogP contribution in [0.1, 0.15) is 17.5 Å². The van der Waals surface area contributed by atoms with Crippen LogP contribution < -0.4 is 4.74 Å². The lowest BCUT2D eigenvalue weighted by molar-refractivity contribution is 0.0985. The molecule has 0 heterocycles. The maximum absolute atomic E-state index is 8.79. The van der Waals surface area contributed by atoms with Gasteiger partial charge in [0.15, 0.2) is 0 Å². The van der Waals surface area contributed by atoms with Crippen LogP contribution in [0.25, 0.3) is 0 Å². The molecule has 0 radical (unpaired) electrons. The molecule has 0 bridgehead atoms. The Kier molecular flexibility index (Phi) is 6.31. The quantitative estimate of drug-likeness (QED) is 0.694. The van der Waals surface area contributed by atoms with Gasteiger partial charge in [-0.15, -0.1) is 0 Å². The lowest BCUT2D eigenvalue weighted by Crippen LogP contribution is -2.08. The van der Waals surface area contributed by atoms with E-state index in [4.69, 9.17) is 14.7 Å². The SMILES string of the molecule is N#Cc1cccc(OCCOCCCc2ccccc2)c1. The summed E-state index contributed by atoms with van der Waals surface area (Å²) in [7, 11) is 0. The van der Waals surface area contributed by atoms with E-state index in [0.29, 0.717) is 24.5 Å². The molecule has 2 aromatic carbocycles. The molecule has 3 nitrogen and oxygen atoms in total. The van der Waals surface area contributed by atoms with E-state index in [2.05, 4.69) is 30.3 Å². The first kappa shape index (κ1) is 15.1. The molecule has 0 amide bonds. The summed E-state index contributed by atoms with van der Waals surface area (Å²) < 4.78 is 11.1. The summed E-state index contributed by atoms with van der Waals surface area (Å²) in [5.74, 6) is 0.710. The standard InChI is InChI=1S/C18H19NO2/c19-15-17-8-4-10-18(14-17)21-13-12-20-11-5-9-16-6-2-1-3-7-16/h1-4,6-8,10,14H,5,9,11-13H2. The van der Waals surface area contributed by atoms with Crippen molar-refractivity contribution in [2.24, 2.45) is 0 Å². The molecule has 0 saturated heterocycles. The first-order chi connectivity index (χ1) is 10.4. The van der Waals surface area contributed by atoms with Crippen LogP contribution in [0.3, 0.4) is 0 Å². The third-order valence-electron chi connectivity index (χ3n) is 3.06. The highest BCUT2D eigenvalue weighted by atomic mass is 16.5. The summed E-state index contributed by atoms with van der Waals surface area (Å²) >= 11 is 0. The molecule has 0 N–H and O–H groups in total. The van der Waals surface area contributed by atoms with E-state index in [1.165, 1.54) is 5.56 Å². The van der Waals surface area contributed by atoms with Crippen LogP contribution in [0, 0.1) is 11.3 Å². The van der Waals surface area contributed by atoms with Gasteiger partial charge in [0.25, 0.3) is 0 Å². The molecule has 0 aromatic heterocycles. The van der Waals surface area contributed by atoms with Crippen molar-refractivity contribution in [3.63, 3.8) is 0 Å². The molecule has 0 aliphatic carbocycles. The predicted octanol–water partition coefficient (Wildman–Crippen LogP) is 3.59. The molecule has 0 aliphatic heterocycles. The molecule has 0 spiro atoms. The molecular weight excluding hydrogens is 262 g/mol. The Hall–Kier alpha value is -2.31. The minimum atomic E-state index is 0.500. The van der Waals surface area contributed by atoms with Crippen molar-refractivity contribution >= 4 is 0 Å². The lowest BCUT2D eigenvalue weighted by atomic mass is 10.1. The monoisotopic (exact) mass is 281 g/mol. The summed E-state index contributed by atoms with van der Waals surface area (Å²) in [6, 6.07) is 19.6. The van der Waals surface area contributed by atoms with E-state index in [-0.39, 0.29) is 0 Å². The third kappa shape index (κ3) is 5.68. The number of aryl methyl sites for hydroxylation is 1. The highest BCUT2D eigenvalue weighted by Gasteiger charge is 1.97. The Balaban J connectivity index is 1.55.